The van der Waals surface area contributed by atoms with Crippen LogP contribution in [0.5, 0.6) is 0 Å². The second-order valence-corrected chi connectivity index (χ2v) is 7.35. The van der Waals surface area contributed by atoms with Gasteiger partial charge in [-0.05, 0) is 54.8 Å². The number of carbonyl (C=O) groups is 1. The molecule has 1 aromatic carbocycles. The maximum absolute atomic E-state index is 13.1. The highest BCUT2D eigenvalue weighted by molar-refractivity contribution is 5.91. The summed E-state index contributed by atoms with van der Waals surface area (Å²) in [6, 6.07) is 12.1. The van der Waals surface area contributed by atoms with Gasteiger partial charge < -0.3 is 9.84 Å². The first-order chi connectivity index (χ1) is 14.2. The zero-order valence-corrected chi connectivity index (χ0v) is 16.1. The highest BCUT2D eigenvalue weighted by Gasteiger charge is 2.25. The molecule has 1 amide bonds. The number of aromatic nitrogens is 2. The first-order valence-corrected chi connectivity index (χ1v) is 9.78. The number of likely N-dealkylation sites (tertiary alicyclic amines) is 1. The Morgan fingerprint density at radius 1 is 1.17 bits per heavy atom. The van der Waals surface area contributed by atoms with Gasteiger partial charge in [-0.25, -0.2) is 4.39 Å². The van der Waals surface area contributed by atoms with E-state index in [2.05, 4.69) is 20.4 Å². The fraction of sp³-hybridized carbons (Fsp3) is 0.318. The predicted octanol–water partition coefficient (Wildman–Crippen LogP) is 3.52. The number of amides is 1. The molecule has 3 aromatic rings. The molecule has 6 nitrogen and oxygen atoms in total. The van der Waals surface area contributed by atoms with Crippen molar-refractivity contribution in [3.8, 4) is 0 Å². The molecule has 1 N–H and O–H groups in total. The van der Waals surface area contributed by atoms with Crippen LogP contribution in [0.25, 0.3) is 0 Å². The average Bonchev–Trinajstić information content (AvgIpc) is 3.25. The van der Waals surface area contributed by atoms with E-state index in [0.717, 1.165) is 49.3 Å². The van der Waals surface area contributed by atoms with Crippen molar-refractivity contribution >= 4 is 5.91 Å². The molecule has 1 fully saturated rings. The Kier molecular flexibility index (Phi) is 5.95. The van der Waals surface area contributed by atoms with Gasteiger partial charge in [-0.3, -0.25) is 14.7 Å². The predicted molar refractivity (Wildman–Crippen MR) is 106 cm³/mol. The maximum atomic E-state index is 13.1. The summed E-state index contributed by atoms with van der Waals surface area (Å²) >= 11 is 0. The van der Waals surface area contributed by atoms with Crippen LogP contribution in [0.2, 0.25) is 0 Å². The molecule has 0 bridgehead atoms. The van der Waals surface area contributed by atoms with Gasteiger partial charge in [-0.2, -0.15) is 0 Å². The van der Waals surface area contributed by atoms with E-state index in [1.165, 1.54) is 12.1 Å². The molecule has 1 aliphatic rings. The Hall–Kier alpha value is -3.06. The minimum absolute atomic E-state index is 0.217. The molecule has 29 heavy (non-hydrogen) atoms. The zero-order chi connectivity index (χ0) is 20.1. The number of carbonyl (C=O) groups excluding carboxylic acids is 1. The second kappa shape index (κ2) is 8.96. The summed E-state index contributed by atoms with van der Waals surface area (Å²) in [6.45, 7) is 3.01. The van der Waals surface area contributed by atoms with Crippen molar-refractivity contribution in [3.63, 3.8) is 0 Å². The first-order valence-electron chi connectivity index (χ1n) is 9.78. The molecule has 0 unspecified atom stereocenters. The van der Waals surface area contributed by atoms with E-state index < -0.39 is 0 Å². The van der Waals surface area contributed by atoms with E-state index in [-0.39, 0.29) is 23.4 Å². The summed E-state index contributed by atoms with van der Waals surface area (Å²) in [7, 11) is 0. The molecule has 0 aliphatic carbocycles. The Bertz CT molecular complexity index is 943. The number of halogens is 1. The van der Waals surface area contributed by atoms with Crippen LogP contribution in [-0.2, 0) is 13.1 Å². The van der Waals surface area contributed by atoms with Gasteiger partial charge in [0.2, 0.25) is 5.76 Å². The van der Waals surface area contributed by atoms with Gasteiger partial charge in [-0.1, -0.05) is 17.3 Å². The van der Waals surface area contributed by atoms with Gasteiger partial charge in [0.25, 0.3) is 5.91 Å². The molecule has 1 saturated heterocycles. The summed E-state index contributed by atoms with van der Waals surface area (Å²) in [5.74, 6) is -0.0541. The molecule has 1 atom stereocenters. The van der Waals surface area contributed by atoms with Gasteiger partial charge >= 0.3 is 0 Å². The van der Waals surface area contributed by atoms with Gasteiger partial charge in [0.15, 0.2) is 0 Å². The molecule has 150 valence electrons. The lowest BCUT2D eigenvalue weighted by Crippen LogP contribution is -2.34. The lowest BCUT2D eigenvalue weighted by atomic mass is 9.94. The van der Waals surface area contributed by atoms with Crippen molar-refractivity contribution in [3.05, 3.63) is 83.3 Å². The van der Waals surface area contributed by atoms with Crippen molar-refractivity contribution in [2.24, 2.45) is 0 Å². The number of hydrogen-bond donors (Lipinski definition) is 1. The van der Waals surface area contributed by atoms with Gasteiger partial charge in [0.1, 0.15) is 5.82 Å². The van der Waals surface area contributed by atoms with Crippen LogP contribution in [0, 0.1) is 5.82 Å². The Labute approximate surface area is 168 Å². The summed E-state index contributed by atoms with van der Waals surface area (Å²) in [5, 5.41) is 6.98. The van der Waals surface area contributed by atoms with Crippen LogP contribution in [0.4, 0.5) is 4.39 Å². The van der Waals surface area contributed by atoms with Crippen molar-refractivity contribution in [2.45, 2.75) is 31.8 Å². The van der Waals surface area contributed by atoms with E-state index in [9.17, 15) is 9.18 Å². The minimum atomic E-state index is -0.278. The summed E-state index contributed by atoms with van der Waals surface area (Å²) in [4.78, 5) is 18.6. The Morgan fingerprint density at radius 2 is 1.97 bits per heavy atom. The number of hydrogen-bond acceptors (Lipinski definition) is 5. The van der Waals surface area contributed by atoms with Crippen LogP contribution < -0.4 is 5.32 Å². The van der Waals surface area contributed by atoms with Crippen molar-refractivity contribution in [2.75, 3.05) is 13.1 Å². The lowest BCUT2D eigenvalue weighted by Gasteiger charge is -2.31. The number of nitrogens with one attached hydrogen (secondary N) is 1. The van der Waals surface area contributed by atoms with E-state index in [1.54, 1.807) is 18.5 Å². The molecule has 7 heteroatoms. The fourth-order valence-electron chi connectivity index (χ4n) is 3.65. The third kappa shape index (κ3) is 5.06. The summed E-state index contributed by atoms with van der Waals surface area (Å²) in [6.07, 6.45) is 5.43. The van der Waals surface area contributed by atoms with Crippen LogP contribution in [0.3, 0.4) is 0 Å². The first kappa shape index (κ1) is 19.3. The van der Waals surface area contributed by atoms with Crippen LogP contribution in [0.1, 0.15) is 46.1 Å². The number of nitrogens with zero attached hydrogens (tertiary/aromatic N) is 3. The van der Waals surface area contributed by atoms with Crippen molar-refractivity contribution < 1.29 is 13.7 Å². The molecule has 0 radical (unpaired) electrons. The van der Waals surface area contributed by atoms with Crippen LogP contribution in [-0.4, -0.2) is 34.0 Å². The quantitative estimate of drug-likeness (QED) is 0.693. The molecule has 0 saturated carbocycles. The number of rotatable bonds is 6. The molecule has 0 spiro atoms. The lowest BCUT2D eigenvalue weighted by molar-refractivity contribution is 0.0913. The largest absolute Gasteiger partial charge is 0.351 e. The number of benzene rings is 1. The van der Waals surface area contributed by atoms with E-state index in [4.69, 9.17) is 4.52 Å². The van der Waals surface area contributed by atoms with Crippen molar-refractivity contribution in [1.82, 2.24) is 20.4 Å². The standard InChI is InChI=1S/C22H23FN4O2/c23-19-5-3-17(4-6-19)14-27-11-1-2-18(15-27)20-12-21(29-26-20)22(28)25-13-16-7-9-24-10-8-16/h3-10,12,18H,1-2,11,13-15H2,(H,25,28)/t18-/m1/s1. The molecule has 1 aliphatic heterocycles. The van der Waals surface area contributed by atoms with Crippen LogP contribution >= 0.6 is 0 Å². The maximum Gasteiger partial charge on any atom is 0.290 e. The highest BCUT2D eigenvalue weighted by atomic mass is 19.1. The smallest absolute Gasteiger partial charge is 0.290 e. The fourth-order valence-corrected chi connectivity index (χ4v) is 3.65. The molecular formula is C22H23FN4O2. The van der Waals surface area contributed by atoms with E-state index in [0.29, 0.717) is 6.54 Å². The Morgan fingerprint density at radius 3 is 2.76 bits per heavy atom. The average molecular weight is 394 g/mol. The van der Waals surface area contributed by atoms with Crippen LogP contribution in [0.15, 0.2) is 59.4 Å². The number of pyridine rings is 1. The topological polar surface area (TPSA) is 71.3 Å². The molecule has 2 aromatic heterocycles. The van der Waals surface area contributed by atoms with Gasteiger partial charge in [0.05, 0.1) is 5.69 Å². The van der Waals surface area contributed by atoms with Gasteiger partial charge in [0, 0.05) is 44.0 Å². The summed E-state index contributed by atoms with van der Waals surface area (Å²) in [5.41, 5.74) is 2.86. The monoisotopic (exact) mass is 394 g/mol. The molecule has 4 rings (SSSR count). The van der Waals surface area contributed by atoms with E-state index >= 15 is 0 Å². The second-order valence-electron chi connectivity index (χ2n) is 7.35. The van der Waals surface area contributed by atoms with E-state index in [1.807, 2.05) is 24.3 Å². The molecular weight excluding hydrogens is 371 g/mol. The SMILES string of the molecule is O=C(NCc1ccncc1)c1cc([C@@H]2CCCN(Cc3ccc(F)cc3)C2)no1. The third-order valence-electron chi connectivity index (χ3n) is 5.20. The van der Waals surface area contributed by atoms with Crippen molar-refractivity contribution in [1.29, 1.82) is 0 Å². The minimum Gasteiger partial charge on any atom is -0.351 e. The zero-order valence-electron chi connectivity index (χ0n) is 16.1. The van der Waals surface area contributed by atoms with Gasteiger partial charge in [-0.15, -0.1) is 0 Å². The molecule has 3 heterocycles. The third-order valence-corrected chi connectivity index (χ3v) is 5.20. The number of piperidine rings is 1. The summed E-state index contributed by atoms with van der Waals surface area (Å²) < 4.78 is 18.4. The highest BCUT2D eigenvalue weighted by Crippen LogP contribution is 2.27. The Balaban J connectivity index is 1.34. The normalized spacial score (nSPS) is 17.2.